The smallest absolute Gasteiger partial charge is 0.161 e. The largest absolute Gasteiger partial charge is 0.496 e. The molecule has 3 nitrogen and oxygen atoms in total. The first-order valence-corrected chi connectivity index (χ1v) is 9.37. The van der Waals surface area contributed by atoms with Crippen LogP contribution in [0, 0.1) is 12.8 Å². The quantitative estimate of drug-likeness (QED) is 0.608. The minimum atomic E-state index is 0.365. The number of aryl methyl sites for hydroxylation is 1. The van der Waals surface area contributed by atoms with Gasteiger partial charge in [-0.2, -0.15) is 0 Å². The van der Waals surface area contributed by atoms with Gasteiger partial charge in [0, 0.05) is 5.92 Å². The summed E-state index contributed by atoms with van der Waals surface area (Å²) >= 11 is 0. The van der Waals surface area contributed by atoms with Gasteiger partial charge in [0.05, 0.1) is 21.3 Å². The van der Waals surface area contributed by atoms with Gasteiger partial charge in [-0.05, 0) is 60.6 Å². The van der Waals surface area contributed by atoms with E-state index in [0.29, 0.717) is 11.8 Å². The van der Waals surface area contributed by atoms with Crippen LogP contribution in [0.5, 0.6) is 17.2 Å². The molecular formula is C24H28O3. The molecular weight excluding hydrogens is 336 g/mol. The zero-order chi connectivity index (χ0) is 19.2. The van der Waals surface area contributed by atoms with E-state index in [0.717, 1.165) is 35.7 Å². The SMILES string of the molecule is COc1cc(C2C=CCCC2C=Cc2ccc(OC)c(OC)c2)ccc1C. The first kappa shape index (κ1) is 19.1. The van der Waals surface area contributed by atoms with Crippen LogP contribution in [-0.2, 0) is 0 Å². The van der Waals surface area contributed by atoms with E-state index in [-0.39, 0.29) is 0 Å². The van der Waals surface area contributed by atoms with Gasteiger partial charge in [-0.1, -0.05) is 42.5 Å². The Hall–Kier alpha value is -2.68. The van der Waals surface area contributed by atoms with Gasteiger partial charge in [-0.3, -0.25) is 0 Å². The number of rotatable bonds is 6. The molecule has 142 valence electrons. The molecule has 3 rings (SSSR count). The van der Waals surface area contributed by atoms with Crippen molar-refractivity contribution >= 4 is 6.08 Å². The van der Waals surface area contributed by atoms with Gasteiger partial charge >= 0.3 is 0 Å². The summed E-state index contributed by atoms with van der Waals surface area (Å²) in [7, 11) is 5.05. The lowest BCUT2D eigenvalue weighted by Crippen LogP contribution is -2.12. The van der Waals surface area contributed by atoms with Crippen LogP contribution in [0.2, 0.25) is 0 Å². The van der Waals surface area contributed by atoms with Crippen LogP contribution in [0.1, 0.15) is 35.4 Å². The third kappa shape index (κ3) is 4.36. The van der Waals surface area contributed by atoms with Crippen LogP contribution < -0.4 is 14.2 Å². The summed E-state index contributed by atoms with van der Waals surface area (Å²) in [6, 6.07) is 12.5. The topological polar surface area (TPSA) is 27.7 Å². The summed E-state index contributed by atoms with van der Waals surface area (Å²) in [5.74, 6) is 3.28. The average Bonchev–Trinajstić information content (AvgIpc) is 2.72. The monoisotopic (exact) mass is 364 g/mol. The Kier molecular flexibility index (Phi) is 6.23. The fourth-order valence-corrected chi connectivity index (χ4v) is 3.66. The highest BCUT2D eigenvalue weighted by Crippen LogP contribution is 2.37. The molecule has 0 amide bonds. The summed E-state index contributed by atoms with van der Waals surface area (Å²) < 4.78 is 16.3. The van der Waals surface area contributed by atoms with Gasteiger partial charge in [-0.15, -0.1) is 0 Å². The second-order valence-corrected chi connectivity index (χ2v) is 6.90. The van der Waals surface area contributed by atoms with Crippen molar-refractivity contribution in [1.82, 2.24) is 0 Å². The molecule has 0 fully saturated rings. The minimum Gasteiger partial charge on any atom is -0.496 e. The maximum absolute atomic E-state index is 5.52. The lowest BCUT2D eigenvalue weighted by Gasteiger charge is -2.26. The summed E-state index contributed by atoms with van der Waals surface area (Å²) in [5.41, 5.74) is 3.58. The molecule has 0 saturated heterocycles. The molecule has 0 spiro atoms. The summed E-state index contributed by atoms with van der Waals surface area (Å²) in [6.07, 6.45) is 11.4. The van der Waals surface area contributed by atoms with Gasteiger partial charge < -0.3 is 14.2 Å². The Morgan fingerprint density at radius 1 is 0.889 bits per heavy atom. The van der Waals surface area contributed by atoms with Crippen LogP contribution in [-0.4, -0.2) is 21.3 Å². The van der Waals surface area contributed by atoms with Crippen molar-refractivity contribution in [1.29, 1.82) is 0 Å². The van der Waals surface area contributed by atoms with Gasteiger partial charge in [-0.25, -0.2) is 0 Å². The average molecular weight is 364 g/mol. The van der Waals surface area contributed by atoms with Crippen LogP contribution in [0.15, 0.2) is 54.6 Å². The molecule has 0 N–H and O–H groups in total. The Labute approximate surface area is 162 Å². The number of allylic oxidation sites excluding steroid dienone is 3. The zero-order valence-electron chi connectivity index (χ0n) is 16.6. The Morgan fingerprint density at radius 3 is 2.41 bits per heavy atom. The number of benzene rings is 2. The molecule has 2 aromatic rings. The third-order valence-corrected chi connectivity index (χ3v) is 5.23. The molecule has 1 aliphatic carbocycles. The Balaban J connectivity index is 1.84. The van der Waals surface area contributed by atoms with Crippen molar-refractivity contribution in [2.45, 2.75) is 25.7 Å². The number of hydrogen-bond donors (Lipinski definition) is 0. The molecule has 0 bridgehead atoms. The molecule has 2 unspecified atom stereocenters. The van der Waals surface area contributed by atoms with Gasteiger partial charge in [0.1, 0.15) is 5.75 Å². The van der Waals surface area contributed by atoms with Crippen molar-refractivity contribution < 1.29 is 14.2 Å². The Morgan fingerprint density at radius 2 is 1.67 bits per heavy atom. The molecule has 27 heavy (non-hydrogen) atoms. The van der Waals surface area contributed by atoms with E-state index in [1.165, 1.54) is 11.1 Å². The fraction of sp³-hybridized carbons (Fsp3) is 0.333. The highest BCUT2D eigenvalue weighted by molar-refractivity contribution is 5.56. The fourth-order valence-electron chi connectivity index (χ4n) is 3.66. The van der Waals surface area contributed by atoms with Crippen LogP contribution >= 0.6 is 0 Å². The maximum Gasteiger partial charge on any atom is 0.161 e. The molecule has 2 atom stereocenters. The number of hydrogen-bond acceptors (Lipinski definition) is 3. The second-order valence-electron chi connectivity index (χ2n) is 6.90. The lowest BCUT2D eigenvalue weighted by atomic mass is 9.79. The van der Waals surface area contributed by atoms with Crippen molar-refractivity contribution in [3.8, 4) is 17.2 Å². The van der Waals surface area contributed by atoms with Crippen molar-refractivity contribution in [2.24, 2.45) is 5.92 Å². The molecule has 3 heteroatoms. The van der Waals surface area contributed by atoms with E-state index in [9.17, 15) is 0 Å². The molecule has 2 aromatic carbocycles. The molecule has 0 radical (unpaired) electrons. The van der Waals surface area contributed by atoms with Crippen molar-refractivity contribution in [3.63, 3.8) is 0 Å². The predicted molar refractivity (Wildman–Crippen MR) is 111 cm³/mol. The summed E-state index contributed by atoms with van der Waals surface area (Å²) in [6.45, 7) is 2.08. The van der Waals surface area contributed by atoms with Gasteiger partial charge in [0.2, 0.25) is 0 Å². The molecule has 0 aromatic heterocycles. The third-order valence-electron chi connectivity index (χ3n) is 5.23. The van der Waals surface area contributed by atoms with E-state index in [1.54, 1.807) is 21.3 Å². The minimum absolute atomic E-state index is 0.365. The van der Waals surface area contributed by atoms with E-state index in [4.69, 9.17) is 14.2 Å². The van der Waals surface area contributed by atoms with Crippen molar-refractivity contribution in [2.75, 3.05) is 21.3 Å². The predicted octanol–water partition coefficient (Wildman–Crippen LogP) is 5.78. The maximum atomic E-state index is 5.52. The normalized spacial score (nSPS) is 19.3. The number of methoxy groups -OCH3 is 3. The van der Waals surface area contributed by atoms with E-state index >= 15 is 0 Å². The highest BCUT2D eigenvalue weighted by atomic mass is 16.5. The zero-order valence-corrected chi connectivity index (χ0v) is 16.6. The molecule has 1 aliphatic rings. The summed E-state index contributed by atoms with van der Waals surface area (Å²) in [5, 5.41) is 0. The second kappa shape index (κ2) is 8.81. The van der Waals surface area contributed by atoms with Crippen LogP contribution in [0.4, 0.5) is 0 Å². The lowest BCUT2D eigenvalue weighted by molar-refractivity contribution is 0.355. The molecule has 0 saturated carbocycles. The van der Waals surface area contributed by atoms with Gasteiger partial charge in [0.15, 0.2) is 11.5 Å². The van der Waals surface area contributed by atoms with Gasteiger partial charge in [0.25, 0.3) is 0 Å². The standard InChI is InChI=1S/C24H28O3/c1-17-9-12-20(16-23(17)26-3)21-8-6-5-7-19(21)13-10-18-11-14-22(25-2)24(15-18)27-4/h6,8-16,19,21H,5,7H2,1-4H3. The molecule has 0 aliphatic heterocycles. The van der Waals surface area contributed by atoms with E-state index < -0.39 is 0 Å². The summed E-state index contributed by atoms with van der Waals surface area (Å²) in [4.78, 5) is 0. The highest BCUT2D eigenvalue weighted by Gasteiger charge is 2.21. The van der Waals surface area contributed by atoms with E-state index in [2.05, 4.69) is 55.5 Å². The first-order chi connectivity index (χ1) is 13.2. The first-order valence-electron chi connectivity index (χ1n) is 9.37. The van der Waals surface area contributed by atoms with E-state index in [1.807, 2.05) is 12.1 Å². The van der Waals surface area contributed by atoms with Crippen molar-refractivity contribution in [3.05, 3.63) is 71.3 Å². The number of ether oxygens (including phenoxy) is 3. The Bertz CT molecular complexity index is 836. The van der Waals surface area contributed by atoms with Crippen LogP contribution in [0.3, 0.4) is 0 Å². The molecule has 0 heterocycles. The van der Waals surface area contributed by atoms with Crippen LogP contribution in [0.25, 0.3) is 6.08 Å².